The number of amides is 2. The summed E-state index contributed by atoms with van der Waals surface area (Å²) in [7, 11) is 0. The van der Waals surface area contributed by atoms with E-state index in [1.54, 1.807) is 22.2 Å². The van der Waals surface area contributed by atoms with E-state index in [0.29, 0.717) is 24.5 Å². The number of carbonyl (C=O) groups excluding carboxylic acids is 2. The van der Waals surface area contributed by atoms with E-state index in [0.717, 1.165) is 30.6 Å². The Bertz CT molecular complexity index is 957. The molecule has 0 saturated carbocycles. The number of benzene rings is 1. The lowest BCUT2D eigenvalue weighted by atomic mass is 10.0. The Kier molecular flexibility index (Phi) is 6.74. The third kappa shape index (κ3) is 4.93. The van der Waals surface area contributed by atoms with Crippen molar-refractivity contribution in [2.45, 2.75) is 52.4 Å². The van der Waals surface area contributed by atoms with Gasteiger partial charge in [0.1, 0.15) is 12.3 Å². The molecule has 7 heteroatoms. The van der Waals surface area contributed by atoms with E-state index in [2.05, 4.69) is 4.98 Å². The van der Waals surface area contributed by atoms with Gasteiger partial charge in [-0.1, -0.05) is 19.9 Å². The molecule has 1 fully saturated rings. The maximum Gasteiger partial charge on any atom is 0.268 e. The fourth-order valence-corrected chi connectivity index (χ4v) is 4.21. The number of aryl methyl sites for hydroxylation is 1. The summed E-state index contributed by atoms with van der Waals surface area (Å²) in [5.74, 6) is 0.353. The van der Waals surface area contributed by atoms with Crippen molar-refractivity contribution in [3.05, 3.63) is 53.9 Å². The van der Waals surface area contributed by atoms with Gasteiger partial charge in [0.05, 0.1) is 11.8 Å². The number of hydrogen-bond acceptors (Lipinski definition) is 5. The Morgan fingerprint density at radius 1 is 1.25 bits per heavy atom. The largest absolute Gasteiger partial charge is 0.478 e. The van der Waals surface area contributed by atoms with Crippen LogP contribution in [0.3, 0.4) is 0 Å². The fourth-order valence-electron chi connectivity index (χ4n) is 4.21. The van der Waals surface area contributed by atoms with Crippen LogP contribution in [0.1, 0.15) is 37.8 Å². The van der Waals surface area contributed by atoms with Crippen LogP contribution in [0.15, 0.2) is 42.7 Å². The van der Waals surface area contributed by atoms with Crippen LogP contribution in [-0.4, -0.2) is 53.6 Å². The molecule has 2 atom stereocenters. The van der Waals surface area contributed by atoms with Gasteiger partial charge in [0.15, 0.2) is 6.10 Å². The van der Waals surface area contributed by atoms with E-state index >= 15 is 0 Å². The van der Waals surface area contributed by atoms with Crippen LogP contribution in [-0.2, 0) is 20.9 Å². The molecule has 2 amide bonds. The van der Waals surface area contributed by atoms with Crippen molar-refractivity contribution < 1.29 is 19.1 Å². The van der Waals surface area contributed by atoms with Gasteiger partial charge in [-0.15, -0.1) is 0 Å². The van der Waals surface area contributed by atoms with Crippen LogP contribution in [0.4, 0.5) is 5.69 Å². The molecule has 0 radical (unpaired) electrons. The van der Waals surface area contributed by atoms with Gasteiger partial charge in [0.2, 0.25) is 5.91 Å². The SMILES string of the molecule is Cc1ccc2c(c1)N(CC(=O)N(Cc1ccncc1)C[C@H]1CCCO1)C(=O)[C@@H](C(C)C)O2. The highest BCUT2D eigenvalue weighted by Crippen LogP contribution is 2.36. The summed E-state index contributed by atoms with van der Waals surface area (Å²) in [5, 5.41) is 0. The molecule has 1 aromatic carbocycles. The number of anilines is 1. The topological polar surface area (TPSA) is 72.0 Å². The molecule has 0 unspecified atom stereocenters. The van der Waals surface area contributed by atoms with Crippen molar-refractivity contribution in [1.29, 1.82) is 0 Å². The van der Waals surface area contributed by atoms with E-state index < -0.39 is 6.10 Å². The zero-order valence-electron chi connectivity index (χ0n) is 19.0. The lowest BCUT2D eigenvalue weighted by Gasteiger charge is -2.37. The van der Waals surface area contributed by atoms with Gasteiger partial charge in [-0.05, 0) is 61.1 Å². The molecule has 0 spiro atoms. The second kappa shape index (κ2) is 9.69. The fraction of sp³-hybridized carbons (Fsp3) is 0.480. The summed E-state index contributed by atoms with van der Waals surface area (Å²) >= 11 is 0. The van der Waals surface area contributed by atoms with Crippen LogP contribution in [0.2, 0.25) is 0 Å². The molecule has 2 aliphatic heterocycles. The highest BCUT2D eigenvalue weighted by molar-refractivity contribution is 6.04. The minimum Gasteiger partial charge on any atom is -0.478 e. The Morgan fingerprint density at radius 2 is 2.03 bits per heavy atom. The van der Waals surface area contributed by atoms with E-state index in [4.69, 9.17) is 9.47 Å². The number of fused-ring (bicyclic) bond motifs is 1. The van der Waals surface area contributed by atoms with E-state index in [9.17, 15) is 9.59 Å². The molecule has 4 rings (SSSR count). The number of rotatable bonds is 7. The monoisotopic (exact) mass is 437 g/mol. The van der Waals surface area contributed by atoms with E-state index in [1.807, 2.05) is 51.1 Å². The average molecular weight is 438 g/mol. The molecule has 0 N–H and O–H groups in total. The predicted octanol–water partition coefficient (Wildman–Crippen LogP) is 3.35. The van der Waals surface area contributed by atoms with Crippen molar-refractivity contribution in [2.24, 2.45) is 5.92 Å². The van der Waals surface area contributed by atoms with Crippen molar-refractivity contribution in [3.8, 4) is 5.75 Å². The third-order valence-corrected chi connectivity index (χ3v) is 5.99. The molecular weight excluding hydrogens is 406 g/mol. The Morgan fingerprint density at radius 3 is 2.72 bits per heavy atom. The quantitative estimate of drug-likeness (QED) is 0.664. The zero-order chi connectivity index (χ0) is 22.7. The van der Waals surface area contributed by atoms with Crippen LogP contribution >= 0.6 is 0 Å². The van der Waals surface area contributed by atoms with Gasteiger partial charge in [-0.25, -0.2) is 0 Å². The Labute approximate surface area is 189 Å². The van der Waals surface area contributed by atoms with Crippen molar-refractivity contribution in [1.82, 2.24) is 9.88 Å². The molecular formula is C25H31N3O4. The number of aromatic nitrogens is 1. The number of pyridine rings is 1. The maximum absolute atomic E-state index is 13.5. The summed E-state index contributed by atoms with van der Waals surface area (Å²) < 4.78 is 11.8. The predicted molar refractivity (Wildman–Crippen MR) is 121 cm³/mol. The van der Waals surface area contributed by atoms with Gasteiger partial charge in [0, 0.05) is 32.1 Å². The number of nitrogens with zero attached hydrogens (tertiary/aromatic N) is 3. The number of carbonyl (C=O) groups is 2. The Hall–Kier alpha value is -2.93. The van der Waals surface area contributed by atoms with E-state index in [1.165, 1.54) is 0 Å². The van der Waals surface area contributed by atoms with Gasteiger partial charge in [0.25, 0.3) is 5.91 Å². The van der Waals surface area contributed by atoms with Crippen LogP contribution in [0, 0.1) is 12.8 Å². The first-order chi connectivity index (χ1) is 15.4. The second-order valence-corrected chi connectivity index (χ2v) is 8.94. The van der Waals surface area contributed by atoms with Gasteiger partial charge >= 0.3 is 0 Å². The van der Waals surface area contributed by atoms with Gasteiger partial charge in [-0.2, -0.15) is 0 Å². The minimum absolute atomic E-state index is 0.00522. The highest BCUT2D eigenvalue weighted by Gasteiger charge is 2.38. The van der Waals surface area contributed by atoms with E-state index in [-0.39, 0.29) is 30.4 Å². The summed E-state index contributed by atoms with van der Waals surface area (Å²) in [4.78, 5) is 34.3. The second-order valence-electron chi connectivity index (χ2n) is 8.94. The average Bonchev–Trinajstić information content (AvgIpc) is 3.29. The van der Waals surface area contributed by atoms with Crippen molar-refractivity contribution in [3.63, 3.8) is 0 Å². The molecule has 7 nitrogen and oxygen atoms in total. The first-order valence-corrected chi connectivity index (χ1v) is 11.3. The van der Waals surface area contributed by atoms with Crippen molar-refractivity contribution in [2.75, 3.05) is 24.6 Å². The third-order valence-electron chi connectivity index (χ3n) is 5.99. The summed E-state index contributed by atoms with van der Waals surface area (Å²) in [5.41, 5.74) is 2.66. The van der Waals surface area contributed by atoms with Crippen LogP contribution in [0.25, 0.3) is 0 Å². The minimum atomic E-state index is -0.607. The molecule has 1 aromatic heterocycles. The molecule has 0 bridgehead atoms. The molecule has 170 valence electrons. The van der Waals surface area contributed by atoms with Gasteiger partial charge < -0.3 is 14.4 Å². The molecule has 2 aromatic rings. The molecule has 0 aliphatic carbocycles. The number of hydrogen-bond donors (Lipinski definition) is 0. The molecule has 3 heterocycles. The lowest BCUT2D eigenvalue weighted by Crippen LogP contribution is -2.52. The normalized spacial score (nSPS) is 20.2. The lowest BCUT2D eigenvalue weighted by molar-refractivity contribution is -0.135. The first-order valence-electron chi connectivity index (χ1n) is 11.3. The first kappa shape index (κ1) is 22.3. The highest BCUT2D eigenvalue weighted by atomic mass is 16.5. The number of ether oxygens (including phenoxy) is 2. The van der Waals surface area contributed by atoms with Crippen LogP contribution in [0.5, 0.6) is 5.75 Å². The van der Waals surface area contributed by atoms with Gasteiger partial charge in [-0.3, -0.25) is 19.5 Å². The maximum atomic E-state index is 13.5. The smallest absolute Gasteiger partial charge is 0.268 e. The standard InChI is InChI=1S/C25H31N3O4/c1-17(2)24-25(30)28(21-13-18(3)6-7-22(21)32-24)16-23(29)27(15-20-5-4-12-31-20)14-19-8-10-26-11-9-19/h6-11,13,17,20,24H,4-5,12,14-16H2,1-3H3/t20-,24-/m1/s1. The Balaban J connectivity index is 1.59. The van der Waals surface area contributed by atoms with Crippen molar-refractivity contribution >= 4 is 17.5 Å². The zero-order valence-corrected chi connectivity index (χ0v) is 19.0. The summed E-state index contributed by atoms with van der Waals surface area (Å²) in [6.45, 7) is 7.53. The molecule has 32 heavy (non-hydrogen) atoms. The summed E-state index contributed by atoms with van der Waals surface area (Å²) in [6.07, 6.45) is 4.81. The molecule has 1 saturated heterocycles. The molecule has 2 aliphatic rings. The van der Waals surface area contributed by atoms with Crippen LogP contribution < -0.4 is 9.64 Å². The summed E-state index contributed by atoms with van der Waals surface area (Å²) in [6, 6.07) is 9.56.